The van der Waals surface area contributed by atoms with Crippen molar-refractivity contribution in [2.75, 3.05) is 6.54 Å². The summed E-state index contributed by atoms with van der Waals surface area (Å²) in [4.78, 5) is 1.30. The SMILES string of the molecule is CCNC(Cc1cc(Cl)ccc1F)c1sccc1CC. The minimum Gasteiger partial charge on any atom is -0.309 e. The Hall–Kier alpha value is -0.900. The number of hydrogen-bond donors (Lipinski definition) is 1. The summed E-state index contributed by atoms with van der Waals surface area (Å²) in [7, 11) is 0. The Balaban J connectivity index is 2.27. The van der Waals surface area contributed by atoms with E-state index in [9.17, 15) is 4.39 Å². The van der Waals surface area contributed by atoms with Gasteiger partial charge in [0.2, 0.25) is 0 Å². The monoisotopic (exact) mass is 311 g/mol. The average molecular weight is 312 g/mol. The Morgan fingerprint density at radius 2 is 2.05 bits per heavy atom. The molecule has 0 aliphatic heterocycles. The molecule has 1 aromatic heterocycles. The van der Waals surface area contributed by atoms with E-state index in [-0.39, 0.29) is 11.9 Å². The normalized spacial score (nSPS) is 12.6. The van der Waals surface area contributed by atoms with E-state index < -0.39 is 0 Å². The smallest absolute Gasteiger partial charge is 0.126 e. The summed E-state index contributed by atoms with van der Waals surface area (Å²) in [6.45, 7) is 5.07. The van der Waals surface area contributed by atoms with Crippen LogP contribution in [-0.4, -0.2) is 6.54 Å². The molecule has 20 heavy (non-hydrogen) atoms. The summed E-state index contributed by atoms with van der Waals surface area (Å²) >= 11 is 7.71. The van der Waals surface area contributed by atoms with Crippen LogP contribution >= 0.6 is 22.9 Å². The van der Waals surface area contributed by atoms with Crippen molar-refractivity contribution in [1.29, 1.82) is 0 Å². The minimum absolute atomic E-state index is 0.142. The molecule has 4 heteroatoms. The fraction of sp³-hybridized carbons (Fsp3) is 0.375. The summed E-state index contributed by atoms with van der Waals surface area (Å²) in [6, 6.07) is 7.04. The molecule has 1 heterocycles. The second-order valence-corrected chi connectivity index (χ2v) is 6.10. The highest BCUT2D eigenvalue weighted by Gasteiger charge is 2.17. The lowest BCUT2D eigenvalue weighted by molar-refractivity contribution is 0.532. The molecular weight excluding hydrogens is 293 g/mol. The quantitative estimate of drug-likeness (QED) is 0.792. The van der Waals surface area contributed by atoms with Crippen molar-refractivity contribution in [3.05, 3.63) is 56.5 Å². The fourth-order valence-electron chi connectivity index (χ4n) is 2.37. The molecule has 0 fully saturated rings. The van der Waals surface area contributed by atoms with E-state index in [0.717, 1.165) is 13.0 Å². The van der Waals surface area contributed by atoms with Gasteiger partial charge in [0.1, 0.15) is 5.82 Å². The van der Waals surface area contributed by atoms with Gasteiger partial charge in [0.05, 0.1) is 0 Å². The minimum atomic E-state index is -0.188. The zero-order chi connectivity index (χ0) is 14.5. The summed E-state index contributed by atoms with van der Waals surface area (Å²) < 4.78 is 13.9. The predicted octanol–water partition coefficient (Wildman–Crippen LogP) is 5.00. The van der Waals surface area contributed by atoms with Gasteiger partial charge in [0.15, 0.2) is 0 Å². The van der Waals surface area contributed by atoms with Crippen LogP contribution in [0.1, 0.15) is 35.9 Å². The molecule has 0 saturated carbocycles. The maximum absolute atomic E-state index is 13.9. The maximum Gasteiger partial charge on any atom is 0.126 e. The largest absolute Gasteiger partial charge is 0.309 e. The van der Waals surface area contributed by atoms with E-state index in [1.807, 2.05) is 0 Å². The Morgan fingerprint density at radius 3 is 2.75 bits per heavy atom. The zero-order valence-electron chi connectivity index (χ0n) is 11.7. The second-order valence-electron chi connectivity index (χ2n) is 4.71. The van der Waals surface area contributed by atoms with E-state index in [1.54, 1.807) is 23.5 Å². The molecular formula is C16H19ClFNS. The molecule has 0 aliphatic rings. The third kappa shape index (κ3) is 3.60. The molecule has 0 amide bonds. The number of nitrogens with one attached hydrogen (secondary N) is 1. The summed E-state index contributed by atoms with van der Waals surface area (Å²) in [5.74, 6) is -0.188. The van der Waals surface area contributed by atoms with Gasteiger partial charge in [-0.1, -0.05) is 25.4 Å². The van der Waals surface area contributed by atoms with Crippen LogP contribution in [-0.2, 0) is 12.8 Å². The van der Waals surface area contributed by atoms with Crippen molar-refractivity contribution in [2.45, 2.75) is 32.7 Å². The van der Waals surface area contributed by atoms with Crippen LogP contribution in [0.4, 0.5) is 4.39 Å². The molecule has 1 aromatic carbocycles. The number of rotatable bonds is 6. The van der Waals surface area contributed by atoms with Gasteiger partial charge in [-0.2, -0.15) is 0 Å². The Kier molecular flexibility index (Phi) is 5.58. The number of benzene rings is 1. The van der Waals surface area contributed by atoms with Crippen molar-refractivity contribution in [1.82, 2.24) is 5.32 Å². The molecule has 1 nitrogen and oxygen atoms in total. The van der Waals surface area contributed by atoms with E-state index in [2.05, 4.69) is 30.6 Å². The van der Waals surface area contributed by atoms with Gasteiger partial charge in [-0.25, -0.2) is 4.39 Å². The van der Waals surface area contributed by atoms with Crippen LogP contribution in [0, 0.1) is 5.82 Å². The lowest BCUT2D eigenvalue weighted by Crippen LogP contribution is -2.23. The zero-order valence-corrected chi connectivity index (χ0v) is 13.3. The van der Waals surface area contributed by atoms with Gasteiger partial charge in [-0.05, 0) is 60.2 Å². The lowest BCUT2D eigenvalue weighted by Gasteiger charge is -2.19. The molecule has 2 aromatic rings. The van der Waals surface area contributed by atoms with Gasteiger partial charge >= 0.3 is 0 Å². The van der Waals surface area contributed by atoms with Crippen molar-refractivity contribution in [3.8, 4) is 0 Å². The Labute approximate surface area is 128 Å². The van der Waals surface area contributed by atoms with Crippen molar-refractivity contribution < 1.29 is 4.39 Å². The van der Waals surface area contributed by atoms with Gasteiger partial charge in [-0.3, -0.25) is 0 Å². The number of thiophene rings is 1. The number of hydrogen-bond acceptors (Lipinski definition) is 2. The van der Waals surface area contributed by atoms with Gasteiger partial charge in [0.25, 0.3) is 0 Å². The maximum atomic E-state index is 13.9. The van der Waals surface area contributed by atoms with Crippen LogP contribution in [0.25, 0.3) is 0 Å². The van der Waals surface area contributed by atoms with E-state index in [4.69, 9.17) is 11.6 Å². The van der Waals surface area contributed by atoms with Gasteiger partial charge in [0, 0.05) is 15.9 Å². The average Bonchev–Trinajstić information content (AvgIpc) is 2.90. The third-order valence-electron chi connectivity index (χ3n) is 3.36. The van der Waals surface area contributed by atoms with Crippen LogP contribution < -0.4 is 5.32 Å². The van der Waals surface area contributed by atoms with Crippen LogP contribution in [0.3, 0.4) is 0 Å². The standard InChI is InChI=1S/C16H19ClFNS/c1-3-11-7-8-20-16(11)15(19-4-2)10-12-9-13(17)5-6-14(12)18/h5-9,15,19H,3-4,10H2,1-2H3. The first kappa shape index (κ1) is 15.5. The topological polar surface area (TPSA) is 12.0 Å². The highest BCUT2D eigenvalue weighted by Crippen LogP contribution is 2.29. The molecule has 1 atom stereocenters. The summed E-state index contributed by atoms with van der Waals surface area (Å²) in [6.07, 6.45) is 1.62. The second kappa shape index (κ2) is 7.21. The summed E-state index contributed by atoms with van der Waals surface area (Å²) in [5.41, 5.74) is 2.00. The number of aryl methyl sites for hydroxylation is 1. The Morgan fingerprint density at radius 1 is 1.25 bits per heavy atom. The first-order valence-corrected chi connectivity index (χ1v) is 8.15. The van der Waals surface area contributed by atoms with E-state index in [1.165, 1.54) is 16.5 Å². The molecule has 1 N–H and O–H groups in total. The van der Waals surface area contributed by atoms with Crippen molar-refractivity contribution in [2.24, 2.45) is 0 Å². The third-order valence-corrected chi connectivity index (χ3v) is 4.67. The molecule has 0 aliphatic carbocycles. The molecule has 0 saturated heterocycles. The fourth-order valence-corrected chi connectivity index (χ4v) is 3.64. The number of likely N-dealkylation sites (N-methyl/N-ethyl adjacent to an activating group) is 1. The summed E-state index contributed by atoms with van der Waals surface area (Å²) in [5, 5.41) is 6.14. The van der Waals surface area contributed by atoms with Gasteiger partial charge < -0.3 is 5.32 Å². The van der Waals surface area contributed by atoms with Crippen molar-refractivity contribution >= 4 is 22.9 Å². The highest BCUT2D eigenvalue weighted by molar-refractivity contribution is 7.10. The van der Waals surface area contributed by atoms with Crippen LogP contribution in [0.15, 0.2) is 29.6 Å². The van der Waals surface area contributed by atoms with Crippen LogP contribution in [0.2, 0.25) is 5.02 Å². The van der Waals surface area contributed by atoms with E-state index >= 15 is 0 Å². The lowest BCUT2D eigenvalue weighted by atomic mass is 10.0. The first-order valence-electron chi connectivity index (χ1n) is 6.89. The highest BCUT2D eigenvalue weighted by atomic mass is 35.5. The molecule has 0 spiro atoms. The molecule has 0 radical (unpaired) electrons. The molecule has 108 valence electrons. The molecule has 2 rings (SSSR count). The molecule has 1 unspecified atom stereocenters. The molecule has 0 bridgehead atoms. The van der Waals surface area contributed by atoms with Gasteiger partial charge in [-0.15, -0.1) is 11.3 Å². The van der Waals surface area contributed by atoms with Crippen molar-refractivity contribution in [3.63, 3.8) is 0 Å². The number of halogens is 2. The predicted molar refractivity (Wildman–Crippen MR) is 85.2 cm³/mol. The first-order chi connectivity index (χ1) is 9.65. The van der Waals surface area contributed by atoms with E-state index in [0.29, 0.717) is 17.0 Å². The Bertz CT molecular complexity index is 567. The van der Waals surface area contributed by atoms with Crippen LogP contribution in [0.5, 0.6) is 0 Å².